The number of hydrogen-bond acceptors (Lipinski definition) is 9. The van der Waals surface area contributed by atoms with Crippen molar-refractivity contribution in [1.82, 2.24) is 25.9 Å². The van der Waals surface area contributed by atoms with Crippen LogP contribution in [0.1, 0.15) is 24.1 Å². The summed E-state index contributed by atoms with van der Waals surface area (Å²) in [4.78, 5) is 68.0. The second kappa shape index (κ2) is 14.3. The van der Waals surface area contributed by atoms with E-state index in [9.17, 15) is 39.3 Å². The minimum absolute atomic E-state index is 0.0123. The van der Waals surface area contributed by atoms with Gasteiger partial charge in [-0.15, -0.1) is 0 Å². The molecule has 2 rings (SSSR count). The number of phenols is 1. The van der Waals surface area contributed by atoms with Crippen molar-refractivity contribution in [2.75, 3.05) is 6.61 Å². The van der Waals surface area contributed by atoms with Crippen LogP contribution in [0.15, 0.2) is 36.8 Å². The first-order valence-electron chi connectivity index (χ1n) is 11.5. The summed E-state index contributed by atoms with van der Waals surface area (Å²) in [5, 5.41) is 35.4. The third-order valence-electron chi connectivity index (χ3n) is 5.45. The molecule has 4 unspecified atom stereocenters. The van der Waals surface area contributed by atoms with E-state index in [1.54, 1.807) is 0 Å². The second-order valence-electron chi connectivity index (χ2n) is 8.47. The number of hydrogen-bond donors (Lipinski definition) is 9. The molecule has 38 heavy (non-hydrogen) atoms. The van der Waals surface area contributed by atoms with Gasteiger partial charge in [0.25, 0.3) is 0 Å². The predicted molar refractivity (Wildman–Crippen MR) is 131 cm³/mol. The number of nitrogens with two attached hydrogens (primary N) is 2. The van der Waals surface area contributed by atoms with Gasteiger partial charge in [-0.3, -0.25) is 19.2 Å². The number of benzene rings is 1. The number of nitrogens with one attached hydrogen (secondary N) is 4. The predicted octanol–water partition coefficient (Wildman–Crippen LogP) is -2.98. The molecule has 0 fully saturated rings. The van der Waals surface area contributed by atoms with Gasteiger partial charge >= 0.3 is 5.97 Å². The first kappa shape index (κ1) is 29.7. The summed E-state index contributed by atoms with van der Waals surface area (Å²) in [5.41, 5.74) is 11.6. The molecule has 0 spiro atoms. The first-order valence-corrected chi connectivity index (χ1v) is 11.5. The second-order valence-corrected chi connectivity index (χ2v) is 8.47. The van der Waals surface area contributed by atoms with Gasteiger partial charge in [0.2, 0.25) is 23.6 Å². The zero-order valence-electron chi connectivity index (χ0n) is 20.3. The van der Waals surface area contributed by atoms with Gasteiger partial charge in [0.1, 0.15) is 29.9 Å². The van der Waals surface area contributed by atoms with E-state index in [1.165, 1.54) is 36.8 Å². The molecule has 0 saturated carbocycles. The standard InChI is InChI=1S/C23H31N7O8/c24-15(10-31)20(34)29-17(7-12-1-3-14(32)4-2-12)21(35)30-18(8-13-9-26-11-27-13)22(36)28-16(23(37)38)5-6-19(25)33/h1-4,9,11,15-18,31-32H,5-8,10,24H2,(H2,25,33)(H,26,27)(H,28,36)(H,29,34)(H,30,35)(H,37,38). The Morgan fingerprint density at radius 2 is 1.50 bits per heavy atom. The molecule has 0 saturated heterocycles. The Balaban J connectivity index is 2.27. The van der Waals surface area contributed by atoms with E-state index in [4.69, 9.17) is 11.5 Å². The number of aromatic hydroxyl groups is 1. The number of phenolic OH excluding ortho intramolecular Hbond substituents is 1. The number of rotatable bonds is 15. The summed E-state index contributed by atoms with van der Waals surface area (Å²) in [6.07, 6.45) is 2.02. The maximum Gasteiger partial charge on any atom is 0.326 e. The normalized spacial score (nSPS) is 13.9. The Morgan fingerprint density at radius 1 is 0.921 bits per heavy atom. The highest BCUT2D eigenvalue weighted by Crippen LogP contribution is 2.12. The van der Waals surface area contributed by atoms with Crippen molar-refractivity contribution < 1.29 is 39.3 Å². The third-order valence-corrected chi connectivity index (χ3v) is 5.45. The van der Waals surface area contributed by atoms with Crippen molar-refractivity contribution in [1.29, 1.82) is 0 Å². The molecule has 0 radical (unpaired) electrons. The van der Waals surface area contributed by atoms with Crippen LogP contribution < -0.4 is 27.4 Å². The van der Waals surface area contributed by atoms with Crippen LogP contribution in [-0.2, 0) is 36.8 Å². The number of carbonyl (C=O) groups is 5. The Labute approximate surface area is 217 Å². The van der Waals surface area contributed by atoms with Crippen molar-refractivity contribution in [3.63, 3.8) is 0 Å². The summed E-state index contributed by atoms with van der Waals surface area (Å²) in [5.74, 6) is -4.66. The molecule has 0 aliphatic heterocycles. The van der Waals surface area contributed by atoms with Gasteiger partial charge in [-0.05, 0) is 24.1 Å². The lowest BCUT2D eigenvalue weighted by molar-refractivity contribution is -0.142. The number of H-pyrrole nitrogens is 1. The molecule has 0 bridgehead atoms. The number of aliphatic hydroxyl groups excluding tert-OH is 1. The fourth-order valence-electron chi connectivity index (χ4n) is 3.35. The summed E-state index contributed by atoms with van der Waals surface area (Å²) in [6.45, 7) is -0.674. The molecule has 2 aromatic rings. The summed E-state index contributed by atoms with van der Waals surface area (Å²) in [7, 11) is 0. The zero-order valence-corrected chi connectivity index (χ0v) is 20.3. The molecule has 15 heteroatoms. The molecule has 0 aliphatic rings. The SMILES string of the molecule is NC(=O)CCC(NC(=O)C(Cc1cnc[nH]1)NC(=O)C(Cc1ccc(O)cc1)NC(=O)C(N)CO)C(=O)O. The van der Waals surface area contributed by atoms with Crippen LogP contribution in [0.25, 0.3) is 0 Å². The van der Waals surface area contributed by atoms with Crippen LogP contribution in [0.3, 0.4) is 0 Å². The lowest BCUT2D eigenvalue weighted by Crippen LogP contribution is -2.58. The minimum atomic E-state index is -1.45. The van der Waals surface area contributed by atoms with Gasteiger partial charge in [-0.25, -0.2) is 9.78 Å². The van der Waals surface area contributed by atoms with E-state index in [-0.39, 0.29) is 31.4 Å². The fraction of sp³-hybridized carbons (Fsp3) is 0.391. The average molecular weight is 534 g/mol. The molecular weight excluding hydrogens is 502 g/mol. The van der Waals surface area contributed by atoms with Crippen molar-refractivity contribution in [2.24, 2.45) is 11.5 Å². The zero-order chi connectivity index (χ0) is 28.2. The number of aromatic amines is 1. The highest BCUT2D eigenvalue weighted by atomic mass is 16.4. The average Bonchev–Trinajstić information content (AvgIpc) is 3.39. The molecule has 206 valence electrons. The smallest absolute Gasteiger partial charge is 0.326 e. The number of aliphatic carboxylic acids is 1. The molecule has 15 nitrogen and oxygen atoms in total. The number of primary amides is 1. The van der Waals surface area contributed by atoms with Crippen LogP contribution in [0.2, 0.25) is 0 Å². The maximum atomic E-state index is 13.3. The van der Waals surface area contributed by atoms with Gasteiger partial charge in [-0.1, -0.05) is 12.1 Å². The quantitative estimate of drug-likeness (QED) is 0.112. The van der Waals surface area contributed by atoms with Crippen molar-refractivity contribution >= 4 is 29.6 Å². The molecular formula is C23H31N7O8. The lowest BCUT2D eigenvalue weighted by Gasteiger charge is -2.25. The molecule has 1 aromatic carbocycles. The fourth-order valence-corrected chi connectivity index (χ4v) is 3.35. The largest absolute Gasteiger partial charge is 0.508 e. The number of nitrogens with zero attached hydrogens (tertiary/aromatic N) is 1. The lowest BCUT2D eigenvalue weighted by atomic mass is 10.0. The molecule has 1 heterocycles. The van der Waals surface area contributed by atoms with Gasteiger partial charge < -0.3 is 47.7 Å². The molecule has 1 aromatic heterocycles. The van der Waals surface area contributed by atoms with Crippen molar-refractivity contribution in [2.45, 2.75) is 49.9 Å². The number of aromatic nitrogens is 2. The number of carboxylic acids is 1. The Bertz CT molecular complexity index is 1110. The van der Waals surface area contributed by atoms with E-state index in [0.717, 1.165) is 0 Å². The van der Waals surface area contributed by atoms with E-state index >= 15 is 0 Å². The van der Waals surface area contributed by atoms with Crippen LogP contribution >= 0.6 is 0 Å². The Kier molecular flexibility index (Phi) is 11.2. The number of aliphatic hydroxyl groups is 1. The van der Waals surface area contributed by atoms with Gasteiger partial charge in [0.05, 0.1) is 12.9 Å². The van der Waals surface area contributed by atoms with Crippen molar-refractivity contribution in [3.05, 3.63) is 48.0 Å². The van der Waals surface area contributed by atoms with Crippen LogP contribution in [0, 0.1) is 0 Å². The number of imidazole rings is 1. The highest BCUT2D eigenvalue weighted by molar-refractivity contribution is 5.94. The summed E-state index contributed by atoms with van der Waals surface area (Å²) < 4.78 is 0. The highest BCUT2D eigenvalue weighted by Gasteiger charge is 2.31. The third kappa shape index (κ3) is 9.51. The van der Waals surface area contributed by atoms with E-state index in [1.807, 2.05) is 0 Å². The first-order chi connectivity index (χ1) is 18.0. The summed E-state index contributed by atoms with van der Waals surface area (Å²) >= 11 is 0. The van der Waals surface area contributed by atoms with Gasteiger partial charge in [-0.2, -0.15) is 0 Å². The van der Waals surface area contributed by atoms with Crippen LogP contribution in [0.5, 0.6) is 5.75 Å². The number of carboxylic acid groups (broad SMARTS) is 1. The van der Waals surface area contributed by atoms with Crippen LogP contribution in [-0.4, -0.2) is 85.7 Å². The summed E-state index contributed by atoms with van der Waals surface area (Å²) in [6, 6.07) is 0.492. The molecule has 0 aliphatic carbocycles. The minimum Gasteiger partial charge on any atom is -0.508 e. The van der Waals surface area contributed by atoms with E-state index in [0.29, 0.717) is 11.3 Å². The van der Waals surface area contributed by atoms with Gasteiger partial charge in [0, 0.05) is 31.2 Å². The maximum absolute atomic E-state index is 13.3. The van der Waals surface area contributed by atoms with Crippen LogP contribution in [0.4, 0.5) is 0 Å². The number of amides is 4. The topological polar surface area (TPSA) is 263 Å². The van der Waals surface area contributed by atoms with E-state index in [2.05, 4.69) is 25.9 Å². The Hall–Kier alpha value is -4.50. The monoisotopic (exact) mass is 533 g/mol. The number of carbonyl (C=O) groups excluding carboxylic acids is 4. The Morgan fingerprint density at radius 3 is 2.03 bits per heavy atom. The molecule has 11 N–H and O–H groups in total. The van der Waals surface area contributed by atoms with Gasteiger partial charge in [0.15, 0.2) is 0 Å². The molecule has 4 amide bonds. The molecule has 4 atom stereocenters. The van der Waals surface area contributed by atoms with E-state index < -0.39 is 60.4 Å². The van der Waals surface area contributed by atoms with Crippen molar-refractivity contribution in [3.8, 4) is 5.75 Å².